The van der Waals surface area contributed by atoms with E-state index in [1.54, 1.807) is 31.3 Å². The molecule has 2 rings (SSSR count). The third kappa shape index (κ3) is 2.83. The molecule has 94 valence electrons. The van der Waals surface area contributed by atoms with Crippen LogP contribution in [-0.2, 0) is 0 Å². The summed E-state index contributed by atoms with van der Waals surface area (Å²) >= 11 is 12.1. The molecule has 1 unspecified atom stereocenters. The van der Waals surface area contributed by atoms with Crippen LogP contribution in [0.25, 0.3) is 0 Å². The molecule has 2 aromatic carbocycles. The van der Waals surface area contributed by atoms with Crippen LogP contribution in [0.15, 0.2) is 42.5 Å². The highest BCUT2D eigenvalue weighted by Gasteiger charge is 2.16. The van der Waals surface area contributed by atoms with Gasteiger partial charge in [-0.3, -0.25) is 0 Å². The smallest absolute Gasteiger partial charge is 0.123 e. The summed E-state index contributed by atoms with van der Waals surface area (Å²) in [6.45, 7) is 0. The maximum Gasteiger partial charge on any atom is 0.123 e. The van der Waals surface area contributed by atoms with Crippen LogP contribution in [-0.4, -0.2) is 7.05 Å². The van der Waals surface area contributed by atoms with Crippen molar-refractivity contribution in [2.75, 3.05) is 7.05 Å². The Kier molecular flexibility index (Phi) is 4.23. The van der Waals surface area contributed by atoms with E-state index >= 15 is 0 Å². The molecule has 0 aliphatic rings. The van der Waals surface area contributed by atoms with E-state index in [9.17, 15) is 4.39 Å². The van der Waals surface area contributed by atoms with E-state index in [1.165, 1.54) is 12.1 Å². The van der Waals surface area contributed by atoms with E-state index in [1.807, 2.05) is 6.07 Å². The van der Waals surface area contributed by atoms with Crippen LogP contribution < -0.4 is 5.32 Å². The molecule has 0 bridgehead atoms. The number of nitrogens with one attached hydrogen (secondary N) is 1. The summed E-state index contributed by atoms with van der Waals surface area (Å²) in [4.78, 5) is 0. The average molecular weight is 284 g/mol. The predicted octanol–water partition coefficient (Wildman–Crippen LogP) is 4.44. The fourth-order valence-corrected chi connectivity index (χ4v) is 2.33. The van der Waals surface area contributed by atoms with E-state index < -0.39 is 0 Å². The molecule has 0 amide bonds. The molecule has 0 radical (unpaired) electrons. The van der Waals surface area contributed by atoms with Gasteiger partial charge in [0, 0.05) is 10.0 Å². The van der Waals surface area contributed by atoms with Gasteiger partial charge in [0.2, 0.25) is 0 Å². The van der Waals surface area contributed by atoms with Gasteiger partial charge in [0.05, 0.1) is 6.04 Å². The fourth-order valence-electron chi connectivity index (χ4n) is 1.92. The molecular formula is C14H12Cl2FN. The molecule has 0 spiro atoms. The summed E-state index contributed by atoms with van der Waals surface area (Å²) in [5.74, 6) is -0.272. The van der Waals surface area contributed by atoms with Crippen molar-refractivity contribution in [1.82, 2.24) is 5.32 Å². The highest BCUT2D eigenvalue weighted by Crippen LogP contribution is 2.30. The molecule has 0 fully saturated rings. The molecule has 0 heterocycles. The van der Waals surface area contributed by atoms with Crippen LogP contribution in [0.5, 0.6) is 0 Å². The first-order chi connectivity index (χ1) is 8.61. The minimum Gasteiger partial charge on any atom is -0.309 e. The predicted molar refractivity (Wildman–Crippen MR) is 73.8 cm³/mol. The Hall–Kier alpha value is -1.09. The number of benzene rings is 2. The molecule has 18 heavy (non-hydrogen) atoms. The van der Waals surface area contributed by atoms with Gasteiger partial charge >= 0.3 is 0 Å². The van der Waals surface area contributed by atoms with E-state index in [-0.39, 0.29) is 11.9 Å². The van der Waals surface area contributed by atoms with Gasteiger partial charge in [-0.1, -0.05) is 35.3 Å². The minimum atomic E-state index is -0.272. The Labute approximate surface area is 116 Å². The van der Waals surface area contributed by atoms with Gasteiger partial charge in [-0.05, 0) is 48.5 Å². The zero-order valence-corrected chi connectivity index (χ0v) is 11.3. The molecule has 4 heteroatoms. The standard InChI is InChI=1S/C14H12Cl2FN/c1-18-14(9-3-2-4-11(17)7-9)12-8-10(15)5-6-13(12)16/h2-8,14,18H,1H3. The molecule has 0 aliphatic carbocycles. The van der Waals surface area contributed by atoms with Crippen LogP contribution in [0.4, 0.5) is 4.39 Å². The monoisotopic (exact) mass is 283 g/mol. The Bertz CT molecular complexity index is 557. The van der Waals surface area contributed by atoms with Crippen molar-refractivity contribution in [2.45, 2.75) is 6.04 Å². The Morgan fingerprint density at radius 2 is 1.89 bits per heavy atom. The third-order valence-electron chi connectivity index (χ3n) is 2.74. The van der Waals surface area contributed by atoms with Crippen molar-refractivity contribution in [3.63, 3.8) is 0 Å². The fraction of sp³-hybridized carbons (Fsp3) is 0.143. The summed E-state index contributed by atoms with van der Waals surface area (Å²) in [6, 6.07) is 11.5. The lowest BCUT2D eigenvalue weighted by molar-refractivity contribution is 0.617. The number of halogens is 3. The van der Waals surface area contributed by atoms with Gasteiger partial charge in [-0.15, -0.1) is 0 Å². The highest BCUT2D eigenvalue weighted by atomic mass is 35.5. The lowest BCUT2D eigenvalue weighted by Crippen LogP contribution is -2.18. The van der Waals surface area contributed by atoms with Crippen molar-refractivity contribution >= 4 is 23.2 Å². The summed E-state index contributed by atoms with van der Waals surface area (Å²) in [7, 11) is 1.80. The molecule has 0 aliphatic heterocycles. The molecule has 0 saturated carbocycles. The quantitative estimate of drug-likeness (QED) is 0.878. The van der Waals surface area contributed by atoms with Gasteiger partial charge in [0.15, 0.2) is 0 Å². The van der Waals surface area contributed by atoms with Crippen molar-refractivity contribution in [3.8, 4) is 0 Å². The van der Waals surface area contributed by atoms with Gasteiger partial charge in [-0.25, -0.2) is 4.39 Å². The largest absolute Gasteiger partial charge is 0.309 e. The third-order valence-corrected chi connectivity index (χ3v) is 3.32. The van der Waals surface area contributed by atoms with E-state index in [0.717, 1.165) is 11.1 Å². The van der Waals surface area contributed by atoms with E-state index in [2.05, 4.69) is 5.32 Å². The van der Waals surface area contributed by atoms with Gasteiger partial charge in [-0.2, -0.15) is 0 Å². The van der Waals surface area contributed by atoms with Crippen LogP contribution in [0.3, 0.4) is 0 Å². The lowest BCUT2D eigenvalue weighted by Gasteiger charge is -2.19. The maximum atomic E-state index is 13.3. The summed E-state index contributed by atoms with van der Waals surface area (Å²) in [5, 5.41) is 4.32. The van der Waals surface area contributed by atoms with Crippen LogP contribution in [0, 0.1) is 5.82 Å². The average Bonchev–Trinajstić information content (AvgIpc) is 2.35. The number of hydrogen-bond donors (Lipinski definition) is 1. The van der Waals surface area contributed by atoms with Gasteiger partial charge in [0.1, 0.15) is 5.82 Å². The van der Waals surface area contributed by atoms with Crippen LogP contribution in [0.1, 0.15) is 17.2 Å². The summed E-state index contributed by atoms with van der Waals surface area (Å²) in [6.07, 6.45) is 0. The number of hydrogen-bond acceptors (Lipinski definition) is 1. The van der Waals surface area contributed by atoms with Crippen molar-refractivity contribution in [3.05, 3.63) is 69.5 Å². The maximum absolute atomic E-state index is 13.3. The molecule has 1 atom stereocenters. The summed E-state index contributed by atoms with van der Waals surface area (Å²) in [5.41, 5.74) is 1.64. The Balaban J connectivity index is 2.48. The molecule has 0 saturated heterocycles. The van der Waals surface area contributed by atoms with Crippen molar-refractivity contribution in [2.24, 2.45) is 0 Å². The van der Waals surface area contributed by atoms with Crippen LogP contribution >= 0.6 is 23.2 Å². The normalized spacial score (nSPS) is 12.4. The zero-order chi connectivity index (χ0) is 13.1. The first-order valence-electron chi connectivity index (χ1n) is 5.49. The molecule has 1 nitrogen and oxygen atoms in total. The second-order valence-corrected chi connectivity index (χ2v) is 4.79. The highest BCUT2D eigenvalue weighted by molar-refractivity contribution is 6.33. The first kappa shape index (κ1) is 13.3. The lowest BCUT2D eigenvalue weighted by atomic mass is 9.99. The van der Waals surface area contributed by atoms with E-state index in [4.69, 9.17) is 23.2 Å². The molecule has 1 N–H and O–H groups in total. The Morgan fingerprint density at radius 1 is 1.11 bits per heavy atom. The summed E-state index contributed by atoms with van der Waals surface area (Å²) < 4.78 is 13.3. The van der Waals surface area contributed by atoms with Crippen molar-refractivity contribution in [1.29, 1.82) is 0 Å². The van der Waals surface area contributed by atoms with Gasteiger partial charge < -0.3 is 5.32 Å². The second-order valence-electron chi connectivity index (χ2n) is 3.94. The van der Waals surface area contributed by atoms with Crippen LogP contribution in [0.2, 0.25) is 10.0 Å². The molecule has 0 aromatic heterocycles. The van der Waals surface area contributed by atoms with E-state index in [0.29, 0.717) is 10.0 Å². The Morgan fingerprint density at radius 3 is 2.56 bits per heavy atom. The number of rotatable bonds is 3. The van der Waals surface area contributed by atoms with Crippen molar-refractivity contribution < 1.29 is 4.39 Å². The molecule has 2 aromatic rings. The second kappa shape index (κ2) is 5.70. The minimum absolute atomic E-state index is 0.188. The topological polar surface area (TPSA) is 12.0 Å². The molecular weight excluding hydrogens is 272 g/mol. The van der Waals surface area contributed by atoms with Gasteiger partial charge in [0.25, 0.3) is 0 Å². The SMILES string of the molecule is CNC(c1cccc(F)c1)c1cc(Cl)ccc1Cl. The zero-order valence-electron chi connectivity index (χ0n) is 9.75. The first-order valence-corrected chi connectivity index (χ1v) is 6.25.